The number of halogens is 1. The molecule has 1 aromatic heterocycles. The summed E-state index contributed by atoms with van der Waals surface area (Å²) in [5.41, 5.74) is 1.32. The van der Waals surface area contributed by atoms with Gasteiger partial charge >= 0.3 is 0 Å². The quantitative estimate of drug-likeness (QED) is 0.579. The van der Waals surface area contributed by atoms with E-state index in [-0.39, 0.29) is 42.5 Å². The van der Waals surface area contributed by atoms with Crippen molar-refractivity contribution < 1.29 is 13.2 Å². The van der Waals surface area contributed by atoms with Crippen LogP contribution in [0.4, 0.5) is 0 Å². The zero-order chi connectivity index (χ0) is 22.0. The van der Waals surface area contributed by atoms with Gasteiger partial charge in [0.2, 0.25) is 10.0 Å². The number of carbonyl (C=O) groups excluding carboxylic acids is 1. The monoisotopic (exact) mass is 472 g/mol. The summed E-state index contributed by atoms with van der Waals surface area (Å²) in [6.07, 6.45) is 0. The van der Waals surface area contributed by atoms with Crippen molar-refractivity contribution in [3.05, 3.63) is 70.2 Å². The second-order valence-corrected chi connectivity index (χ2v) is 10.0. The molecule has 0 N–H and O–H groups in total. The highest BCUT2D eigenvalue weighted by molar-refractivity contribution is 7.89. The SMILES string of the molecule is N#Cc1ccccc1S(=O)(=O)N1CCN(C(=O)c2csc(-c3ccc(Cl)cc3)n2)CC1. The number of piperazine rings is 1. The molecule has 1 aliphatic heterocycles. The Morgan fingerprint density at radius 2 is 1.74 bits per heavy atom. The maximum atomic E-state index is 12.9. The molecule has 1 aliphatic rings. The Morgan fingerprint density at radius 1 is 1.06 bits per heavy atom. The van der Waals surface area contributed by atoms with E-state index in [0.29, 0.717) is 15.7 Å². The van der Waals surface area contributed by atoms with Crippen LogP contribution in [0.3, 0.4) is 0 Å². The average Bonchev–Trinajstić information content (AvgIpc) is 3.29. The third-order valence-electron chi connectivity index (χ3n) is 4.97. The van der Waals surface area contributed by atoms with Gasteiger partial charge < -0.3 is 4.90 Å². The van der Waals surface area contributed by atoms with Crippen molar-refractivity contribution in [3.8, 4) is 16.6 Å². The van der Waals surface area contributed by atoms with E-state index in [1.807, 2.05) is 18.2 Å². The number of amides is 1. The second-order valence-electron chi connectivity index (χ2n) is 6.85. The molecule has 158 valence electrons. The molecular weight excluding hydrogens is 456 g/mol. The molecule has 2 aromatic carbocycles. The normalized spacial score (nSPS) is 14.9. The molecule has 0 unspecified atom stereocenters. The number of nitriles is 1. The lowest BCUT2D eigenvalue weighted by molar-refractivity contribution is 0.0693. The number of benzene rings is 2. The van der Waals surface area contributed by atoms with Gasteiger partial charge in [-0.3, -0.25) is 4.79 Å². The number of carbonyl (C=O) groups is 1. The number of sulfonamides is 1. The summed E-state index contributed by atoms with van der Waals surface area (Å²) in [5, 5.41) is 12.3. The van der Waals surface area contributed by atoms with Crippen LogP contribution in [0.2, 0.25) is 5.02 Å². The Bertz CT molecular complexity index is 1260. The Balaban J connectivity index is 1.45. The van der Waals surface area contributed by atoms with Crippen LogP contribution in [0.1, 0.15) is 16.1 Å². The Labute approximate surface area is 189 Å². The largest absolute Gasteiger partial charge is 0.335 e. The summed E-state index contributed by atoms with van der Waals surface area (Å²) in [5.74, 6) is -0.231. The van der Waals surface area contributed by atoms with Crippen molar-refractivity contribution in [3.63, 3.8) is 0 Å². The lowest BCUT2D eigenvalue weighted by Gasteiger charge is -2.33. The number of aromatic nitrogens is 1. The predicted molar refractivity (Wildman–Crippen MR) is 118 cm³/mol. The summed E-state index contributed by atoms with van der Waals surface area (Å²) in [6, 6.07) is 15.3. The van der Waals surface area contributed by atoms with Gasteiger partial charge in [-0.1, -0.05) is 35.9 Å². The Kier molecular flexibility index (Phi) is 6.07. The number of rotatable bonds is 4. The molecular formula is C21H17ClN4O3S2. The molecule has 1 fully saturated rings. The first-order valence-corrected chi connectivity index (χ1v) is 12.1. The molecule has 0 bridgehead atoms. The minimum atomic E-state index is -3.81. The van der Waals surface area contributed by atoms with Gasteiger partial charge in [-0.05, 0) is 24.3 Å². The molecule has 0 radical (unpaired) electrons. The number of hydrogen-bond donors (Lipinski definition) is 0. The minimum Gasteiger partial charge on any atom is -0.335 e. The van der Waals surface area contributed by atoms with Crippen LogP contribution < -0.4 is 0 Å². The summed E-state index contributed by atoms with van der Waals surface area (Å²) in [7, 11) is -3.81. The third-order valence-corrected chi connectivity index (χ3v) is 8.07. The highest BCUT2D eigenvalue weighted by Gasteiger charge is 2.32. The Hall–Kier alpha value is -2.77. The first-order chi connectivity index (χ1) is 14.9. The standard InChI is InChI=1S/C21H17ClN4O3S2/c22-17-7-5-15(6-8-17)20-24-18(14-30-20)21(27)25-9-11-26(12-10-25)31(28,29)19-4-2-1-3-16(19)13-23/h1-8,14H,9-12H2. The van der Waals surface area contributed by atoms with Crippen LogP contribution in [-0.4, -0.2) is 54.7 Å². The van der Waals surface area contributed by atoms with E-state index in [1.165, 1.54) is 27.8 Å². The van der Waals surface area contributed by atoms with Crippen molar-refractivity contribution >= 4 is 38.9 Å². The molecule has 0 aliphatic carbocycles. The molecule has 31 heavy (non-hydrogen) atoms. The second kappa shape index (κ2) is 8.77. The lowest BCUT2D eigenvalue weighted by Crippen LogP contribution is -2.50. The van der Waals surface area contributed by atoms with Crippen LogP contribution in [0, 0.1) is 11.3 Å². The van der Waals surface area contributed by atoms with Crippen LogP contribution in [0.5, 0.6) is 0 Å². The molecule has 1 saturated heterocycles. The highest BCUT2D eigenvalue weighted by atomic mass is 35.5. The van der Waals surface area contributed by atoms with Gasteiger partial charge in [-0.25, -0.2) is 13.4 Å². The van der Waals surface area contributed by atoms with Crippen LogP contribution >= 0.6 is 22.9 Å². The molecule has 0 atom stereocenters. The van der Waals surface area contributed by atoms with Crippen LogP contribution in [-0.2, 0) is 10.0 Å². The fourth-order valence-electron chi connectivity index (χ4n) is 3.31. The molecule has 2 heterocycles. The van der Waals surface area contributed by atoms with Crippen molar-refractivity contribution in [1.82, 2.24) is 14.2 Å². The van der Waals surface area contributed by atoms with E-state index in [0.717, 1.165) is 5.56 Å². The maximum absolute atomic E-state index is 12.9. The first-order valence-electron chi connectivity index (χ1n) is 9.40. The van der Waals surface area contributed by atoms with Gasteiger partial charge in [-0.2, -0.15) is 9.57 Å². The third kappa shape index (κ3) is 4.34. The predicted octanol–water partition coefficient (Wildman–Crippen LogP) is 3.48. The number of thiazole rings is 1. The molecule has 7 nitrogen and oxygen atoms in total. The molecule has 0 saturated carbocycles. The van der Waals surface area contributed by atoms with Gasteiger partial charge in [0.15, 0.2) is 0 Å². The van der Waals surface area contributed by atoms with Gasteiger partial charge in [0.25, 0.3) is 5.91 Å². The summed E-state index contributed by atoms with van der Waals surface area (Å²) >= 11 is 7.28. The van der Waals surface area contributed by atoms with E-state index in [1.54, 1.807) is 34.5 Å². The van der Waals surface area contributed by atoms with E-state index >= 15 is 0 Å². The Morgan fingerprint density at radius 3 is 2.42 bits per heavy atom. The van der Waals surface area contributed by atoms with E-state index in [2.05, 4.69) is 4.98 Å². The number of hydrogen-bond acceptors (Lipinski definition) is 6. The summed E-state index contributed by atoms with van der Waals surface area (Å²) in [4.78, 5) is 18.9. The topological polar surface area (TPSA) is 94.4 Å². The van der Waals surface area contributed by atoms with Gasteiger partial charge in [-0.15, -0.1) is 11.3 Å². The zero-order valence-electron chi connectivity index (χ0n) is 16.2. The lowest BCUT2D eigenvalue weighted by atomic mass is 10.2. The van der Waals surface area contributed by atoms with Crippen LogP contribution in [0.25, 0.3) is 10.6 Å². The van der Waals surface area contributed by atoms with Crippen molar-refractivity contribution in [2.45, 2.75) is 4.90 Å². The van der Waals surface area contributed by atoms with E-state index < -0.39 is 10.0 Å². The fourth-order valence-corrected chi connectivity index (χ4v) is 5.80. The van der Waals surface area contributed by atoms with E-state index in [4.69, 9.17) is 11.6 Å². The fraction of sp³-hybridized carbons (Fsp3) is 0.190. The maximum Gasteiger partial charge on any atom is 0.273 e. The first kappa shape index (κ1) is 21.5. The summed E-state index contributed by atoms with van der Waals surface area (Å²) < 4.78 is 27.2. The van der Waals surface area contributed by atoms with Crippen molar-refractivity contribution in [2.24, 2.45) is 0 Å². The molecule has 0 spiro atoms. The van der Waals surface area contributed by atoms with Gasteiger partial charge in [0, 0.05) is 42.1 Å². The zero-order valence-corrected chi connectivity index (χ0v) is 18.6. The van der Waals surface area contributed by atoms with Crippen LogP contribution in [0.15, 0.2) is 58.8 Å². The van der Waals surface area contributed by atoms with Crippen molar-refractivity contribution in [2.75, 3.05) is 26.2 Å². The average molecular weight is 473 g/mol. The molecule has 1 amide bonds. The van der Waals surface area contributed by atoms with Gasteiger partial charge in [0.1, 0.15) is 16.8 Å². The molecule has 3 aromatic rings. The highest BCUT2D eigenvalue weighted by Crippen LogP contribution is 2.26. The number of nitrogens with zero attached hydrogens (tertiary/aromatic N) is 4. The smallest absolute Gasteiger partial charge is 0.273 e. The van der Waals surface area contributed by atoms with Gasteiger partial charge in [0.05, 0.1) is 10.5 Å². The molecule has 10 heteroatoms. The minimum absolute atomic E-state index is 0.00983. The summed E-state index contributed by atoms with van der Waals surface area (Å²) in [6.45, 7) is 0.811. The van der Waals surface area contributed by atoms with Crippen molar-refractivity contribution in [1.29, 1.82) is 5.26 Å². The molecule has 4 rings (SSSR count). The van der Waals surface area contributed by atoms with E-state index in [9.17, 15) is 18.5 Å².